The number of aliphatic hydroxyl groups is 6. The van der Waals surface area contributed by atoms with Crippen LogP contribution in [0.1, 0.15) is 91.0 Å². The number of aromatic hydroxyl groups is 2. The Labute approximate surface area is 282 Å². The summed E-state index contributed by atoms with van der Waals surface area (Å²) in [5, 5.41) is 91.5. The third-order valence-corrected chi connectivity index (χ3v) is 15.2. The van der Waals surface area contributed by atoms with Crippen molar-refractivity contribution in [2.75, 3.05) is 6.61 Å². The maximum Gasteiger partial charge on any atom is 0.160 e. The molecule has 4 saturated carbocycles. The second-order valence-electron chi connectivity index (χ2n) is 17.2. The van der Waals surface area contributed by atoms with E-state index in [2.05, 4.69) is 6.92 Å². The molecule has 0 amide bonds. The SMILES string of the molecule is C[C@H]1[C@H](C)CCC[C@]2(O[C@H]3C[C@@]4(O)C5=CC(=O)[C@@H]6[C@@H](c7cc(O)cc(O)c7)[C@@H](O)[C@@H](O)C[C@]6(C)[C@H]5C[C@H](CCO)[C@]4(C)[C@H]3[C@@]2(C)O)[C@H]1O. The number of ketones is 1. The molecule has 7 rings (SSSR count). The fourth-order valence-corrected chi connectivity index (χ4v) is 12.7. The molecule has 6 aliphatic rings. The smallest absolute Gasteiger partial charge is 0.160 e. The topological polar surface area (TPSA) is 188 Å². The molecule has 0 radical (unpaired) electrons. The number of benzene rings is 1. The van der Waals surface area contributed by atoms with Gasteiger partial charge in [-0.1, -0.05) is 40.5 Å². The van der Waals surface area contributed by atoms with Crippen molar-refractivity contribution in [1.29, 1.82) is 0 Å². The molecule has 8 N–H and O–H groups in total. The van der Waals surface area contributed by atoms with Gasteiger partial charge in [-0.3, -0.25) is 4.79 Å². The zero-order valence-corrected chi connectivity index (χ0v) is 28.7. The summed E-state index contributed by atoms with van der Waals surface area (Å²) in [5.41, 5.74) is -5.47. The Morgan fingerprint density at radius 2 is 1.65 bits per heavy atom. The number of aliphatic hydroxyl groups excluding tert-OH is 4. The zero-order valence-electron chi connectivity index (χ0n) is 28.7. The molecule has 1 saturated heterocycles. The first-order chi connectivity index (χ1) is 22.4. The Balaban J connectivity index is 1.36. The predicted octanol–water partition coefficient (Wildman–Crippen LogP) is 2.92. The van der Waals surface area contributed by atoms with E-state index in [9.17, 15) is 45.6 Å². The Hall–Kier alpha value is -2.05. The molecule has 0 unspecified atom stereocenters. The van der Waals surface area contributed by atoms with E-state index >= 15 is 0 Å². The standard InChI is InChI=1S/C38H54O10/c1-18-7-6-9-38(33(45)19(18)2)36(5,46)32-28(48-38)17-37(47)25-15-26(42)30-29(20-11-22(40)14-23(41)12-20)31(44)27(43)16-34(30,3)24(25)13-21(8-10-39)35(32,37)4/h11-12,14-15,18-19,21,24,27-33,39-41,43-47H,6-10,13,16-17H2,1-5H3/t18-,19+,21+,24+,27+,28+,29-,30-,31+,32+,33+,34-,35-,36-,37-,38+/m1/s1. The van der Waals surface area contributed by atoms with E-state index in [1.54, 1.807) is 6.92 Å². The molecular weight excluding hydrogens is 616 g/mol. The predicted molar refractivity (Wildman–Crippen MR) is 175 cm³/mol. The van der Waals surface area contributed by atoms with Crippen LogP contribution in [0.2, 0.25) is 0 Å². The molecular formula is C38H54O10. The second-order valence-corrected chi connectivity index (χ2v) is 17.2. The molecule has 0 aromatic heterocycles. The molecule has 266 valence electrons. The maximum absolute atomic E-state index is 14.4. The number of rotatable bonds is 3. The van der Waals surface area contributed by atoms with Crippen LogP contribution in [0, 0.1) is 46.3 Å². The lowest BCUT2D eigenvalue weighted by molar-refractivity contribution is -0.230. The highest BCUT2D eigenvalue weighted by Gasteiger charge is 2.80. The van der Waals surface area contributed by atoms with Crippen LogP contribution in [0.5, 0.6) is 11.5 Å². The molecule has 10 heteroatoms. The quantitative estimate of drug-likeness (QED) is 0.238. The molecule has 5 aliphatic carbocycles. The maximum atomic E-state index is 14.4. The van der Waals surface area contributed by atoms with Crippen molar-refractivity contribution in [2.24, 2.45) is 46.3 Å². The molecule has 1 aromatic carbocycles. The minimum Gasteiger partial charge on any atom is -0.508 e. The molecule has 16 atom stereocenters. The van der Waals surface area contributed by atoms with E-state index < -0.39 is 75.7 Å². The third-order valence-electron chi connectivity index (χ3n) is 15.2. The van der Waals surface area contributed by atoms with Gasteiger partial charge < -0.3 is 45.6 Å². The number of hydrogen-bond donors (Lipinski definition) is 8. The summed E-state index contributed by atoms with van der Waals surface area (Å²) in [6.45, 7) is 9.58. The van der Waals surface area contributed by atoms with E-state index in [0.29, 0.717) is 30.4 Å². The number of allylic oxidation sites excluding steroid dienone is 1. The van der Waals surface area contributed by atoms with Gasteiger partial charge >= 0.3 is 0 Å². The number of carbonyl (C=O) groups is 1. The Morgan fingerprint density at radius 3 is 2.29 bits per heavy atom. The van der Waals surface area contributed by atoms with Crippen LogP contribution in [-0.2, 0) is 9.53 Å². The number of ether oxygens (including phenoxy) is 1. The zero-order chi connectivity index (χ0) is 34.9. The van der Waals surface area contributed by atoms with Crippen molar-refractivity contribution >= 4 is 5.78 Å². The normalized spacial score (nSPS) is 53.0. The van der Waals surface area contributed by atoms with Gasteiger partial charge in [0.1, 0.15) is 17.1 Å². The van der Waals surface area contributed by atoms with Crippen LogP contribution < -0.4 is 0 Å². The number of phenolic OH excluding ortho intramolecular Hbond substituents is 2. The number of phenols is 2. The van der Waals surface area contributed by atoms with Gasteiger partial charge in [-0.05, 0) is 91.0 Å². The first kappa shape index (κ1) is 34.4. The highest BCUT2D eigenvalue weighted by atomic mass is 16.6. The van der Waals surface area contributed by atoms with Gasteiger partial charge in [0.15, 0.2) is 5.78 Å². The van der Waals surface area contributed by atoms with Crippen molar-refractivity contribution < 1.29 is 50.4 Å². The first-order valence-electron chi connectivity index (χ1n) is 18.0. The van der Waals surface area contributed by atoms with Crippen LogP contribution in [0.4, 0.5) is 0 Å². The largest absolute Gasteiger partial charge is 0.508 e. The number of hydrogen-bond acceptors (Lipinski definition) is 10. The van der Waals surface area contributed by atoms with Crippen LogP contribution in [0.3, 0.4) is 0 Å². The van der Waals surface area contributed by atoms with Crippen LogP contribution in [0.25, 0.3) is 0 Å². The van der Waals surface area contributed by atoms with Crippen molar-refractivity contribution in [2.45, 2.75) is 127 Å². The van der Waals surface area contributed by atoms with Gasteiger partial charge in [0.05, 0.1) is 35.6 Å². The Morgan fingerprint density at radius 1 is 0.979 bits per heavy atom. The average Bonchev–Trinajstić information content (AvgIpc) is 3.33. The van der Waals surface area contributed by atoms with E-state index in [1.165, 1.54) is 24.3 Å². The second kappa shape index (κ2) is 11.0. The lowest BCUT2D eigenvalue weighted by Gasteiger charge is -2.64. The van der Waals surface area contributed by atoms with Crippen molar-refractivity contribution in [1.82, 2.24) is 0 Å². The van der Waals surface area contributed by atoms with E-state index in [4.69, 9.17) is 4.74 Å². The van der Waals surface area contributed by atoms with Crippen molar-refractivity contribution in [3.05, 3.63) is 35.4 Å². The van der Waals surface area contributed by atoms with Gasteiger partial charge in [0.25, 0.3) is 0 Å². The lowest BCUT2D eigenvalue weighted by Crippen LogP contribution is -2.68. The molecule has 5 fully saturated rings. The fraction of sp³-hybridized carbons (Fsp3) is 0.763. The molecule has 1 aromatic rings. The summed E-state index contributed by atoms with van der Waals surface area (Å²) in [7, 11) is 0. The summed E-state index contributed by atoms with van der Waals surface area (Å²) in [6.07, 6.45) is 0.565. The van der Waals surface area contributed by atoms with Crippen LogP contribution in [0.15, 0.2) is 29.8 Å². The molecule has 1 heterocycles. The van der Waals surface area contributed by atoms with E-state index in [-0.39, 0.29) is 54.5 Å². The van der Waals surface area contributed by atoms with Crippen LogP contribution in [-0.4, -0.2) is 94.5 Å². The molecule has 48 heavy (non-hydrogen) atoms. The number of carbonyl (C=O) groups excluding carboxylic acids is 1. The average molecular weight is 671 g/mol. The highest BCUT2D eigenvalue weighted by Crippen LogP contribution is 2.75. The van der Waals surface area contributed by atoms with Gasteiger partial charge in [-0.2, -0.15) is 0 Å². The van der Waals surface area contributed by atoms with Gasteiger partial charge in [-0.15, -0.1) is 0 Å². The molecule has 10 nitrogen and oxygen atoms in total. The summed E-state index contributed by atoms with van der Waals surface area (Å²) < 4.78 is 6.90. The minimum atomic E-state index is -1.60. The monoisotopic (exact) mass is 670 g/mol. The van der Waals surface area contributed by atoms with Gasteiger partial charge in [-0.25, -0.2) is 0 Å². The molecule has 0 bridgehead atoms. The van der Waals surface area contributed by atoms with Crippen LogP contribution >= 0.6 is 0 Å². The van der Waals surface area contributed by atoms with Gasteiger partial charge in [0.2, 0.25) is 0 Å². The first-order valence-corrected chi connectivity index (χ1v) is 18.0. The van der Waals surface area contributed by atoms with Crippen molar-refractivity contribution in [3.8, 4) is 11.5 Å². The number of fused-ring (bicyclic) bond motifs is 7. The molecule has 1 spiro atoms. The summed E-state index contributed by atoms with van der Waals surface area (Å²) in [4.78, 5) is 14.4. The fourth-order valence-electron chi connectivity index (χ4n) is 12.7. The Kier molecular flexibility index (Phi) is 7.86. The summed E-state index contributed by atoms with van der Waals surface area (Å²) >= 11 is 0. The van der Waals surface area contributed by atoms with E-state index in [1.807, 2.05) is 20.8 Å². The van der Waals surface area contributed by atoms with Gasteiger partial charge in [0, 0.05) is 42.3 Å². The minimum absolute atomic E-state index is 0.0823. The van der Waals surface area contributed by atoms with Crippen molar-refractivity contribution in [3.63, 3.8) is 0 Å². The molecule has 1 aliphatic heterocycles. The summed E-state index contributed by atoms with van der Waals surface area (Å²) in [6, 6.07) is 3.96. The van der Waals surface area contributed by atoms with E-state index in [0.717, 1.165) is 12.8 Å². The summed E-state index contributed by atoms with van der Waals surface area (Å²) in [5.74, 6) is -3.76. The Bertz CT molecular complexity index is 1490. The lowest BCUT2D eigenvalue weighted by atomic mass is 9.41. The highest BCUT2D eigenvalue weighted by molar-refractivity contribution is 5.96. The third kappa shape index (κ3) is 4.20.